The van der Waals surface area contributed by atoms with Crippen LogP contribution in [0.4, 0.5) is 0 Å². The number of ketones is 2. The Morgan fingerprint density at radius 1 is 0.882 bits per heavy atom. The van der Waals surface area contributed by atoms with Crippen molar-refractivity contribution in [2.24, 2.45) is 0 Å². The van der Waals surface area contributed by atoms with Crippen LogP contribution in [0.3, 0.4) is 0 Å². The zero-order chi connectivity index (χ0) is 24.9. The zero-order valence-electron chi connectivity index (χ0n) is 21.8. The first-order valence-electron chi connectivity index (χ1n) is 12.6. The Labute approximate surface area is 205 Å². The molecule has 0 aromatic heterocycles. The average molecular weight is 461 g/mol. The molecule has 1 fully saturated rings. The van der Waals surface area contributed by atoms with Crippen molar-refractivity contribution in [1.29, 1.82) is 0 Å². The zero-order valence-corrected chi connectivity index (χ0v) is 21.8. The van der Waals surface area contributed by atoms with E-state index in [9.17, 15) is 9.59 Å². The number of allylic oxidation sites excluding steroid dienone is 7. The van der Waals surface area contributed by atoms with E-state index < -0.39 is 0 Å². The largest absolute Gasteiger partial charge is 0.366 e. The van der Waals surface area contributed by atoms with Crippen molar-refractivity contribution in [2.45, 2.75) is 98.2 Å². The summed E-state index contributed by atoms with van der Waals surface area (Å²) in [6.45, 7) is 12.6. The highest BCUT2D eigenvalue weighted by Gasteiger charge is 2.52. The number of Topliss-reactive ketones (excluding diaryl/α,β-unsaturated/α-hetero) is 2. The molecule has 0 bridgehead atoms. The second-order valence-electron chi connectivity index (χ2n) is 10.4. The van der Waals surface area contributed by atoms with E-state index in [-0.39, 0.29) is 23.3 Å². The molecule has 3 rings (SSSR count). The third-order valence-corrected chi connectivity index (χ3v) is 7.16. The molecule has 1 aromatic rings. The number of benzene rings is 1. The Balaban J connectivity index is 1.46. The van der Waals surface area contributed by atoms with E-state index >= 15 is 0 Å². The fourth-order valence-electron chi connectivity index (χ4n) is 4.69. The maximum atomic E-state index is 13.0. The lowest BCUT2D eigenvalue weighted by atomic mass is 9.82. The van der Waals surface area contributed by atoms with Crippen molar-refractivity contribution < 1.29 is 14.3 Å². The molecule has 0 N–H and O–H groups in total. The number of epoxide rings is 1. The summed E-state index contributed by atoms with van der Waals surface area (Å²) in [5, 5.41) is 0. The predicted molar refractivity (Wildman–Crippen MR) is 140 cm³/mol. The maximum absolute atomic E-state index is 13.0. The summed E-state index contributed by atoms with van der Waals surface area (Å²) in [4.78, 5) is 25.7. The number of carbonyl (C=O) groups excluding carboxylic acids is 2. The summed E-state index contributed by atoms with van der Waals surface area (Å²) in [5.41, 5.74) is 6.29. The highest BCUT2D eigenvalue weighted by Crippen LogP contribution is 2.45. The molecule has 1 aromatic carbocycles. The molecular weight excluding hydrogens is 420 g/mol. The molecule has 1 aliphatic heterocycles. The summed E-state index contributed by atoms with van der Waals surface area (Å²) in [7, 11) is 0. The molecule has 0 saturated carbocycles. The van der Waals surface area contributed by atoms with Crippen LogP contribution in [0.25, 0.3) is 0 Å². The van der Waals surface area contributed by atoms with Gasteiger partial charge in [0.1, 0.15) is 0 Å². The normalized spacial score (nSPS) is 22.7. The minimum Gasteiger partial charge on any atom is -0.366 e. The van der Waals surface area contributed by atoms with E-state index in [2.05, 4.69) is 52.8 Å². The number of hydrogen-bond acceptors (Lipinski definition) is 3. The summed E-state index contributed by atoms with van der Waals surface area (Å²) >= 11 is 0. The Kier molecular flexibility index (Phi) is 8.65. The molecule has 1 saturated heterocycles. The summed E-state index contributed by atoms with van der Waals surface area (Å²) < 4.78 is 6.03. The number of hydrogen-bond donors (Lipinski definition) is 0. The highest BCUT2D eigenvalue weighted by molar-refractivity contribution is 6.26. The first-order valence-corrected chi connectivity index (χ1v) is 12.6. The molecule has 0 amide bonds. The van der Waals surface area contributed by atoms with Gasteiger partial charge in [-0.05, 0) is 80.1 Å². The summed E-state index contributed by atoms with van der Waals surface area (Å²) in [5.74, 6) is -0.0576. The molecule has 1 heterocycles. The molecule has 2 unspecified atom stereocenters. The Bertz CT molecular complexity index is 1060. The van der Waals surface area contributed by atoms with Gasteiger partial charge in [-0.2, -0.15) is 0 Å². The van der Waals surface area contributed by atoms with Gasteiger partial charge in [0.25, 0.3) is 0 Å². The lowest BCUT2D eigenvalue weighted by Gasteiger charge is -2.18. The minimum atomic E-state index is -0.216. The van der Waals surface area contributed by atoms with Gasteiger partial charge < -0.3 is 4.74 Å². The number of fused-ring (bicyclic) bond motifs is 1. The van der Waals surface area contributed by atoms with Gasteiger partial charge in [-0.1, -0.05) is 59.2 Å². The molecule has 0 radical (unpaired) electrons. The highest BCUT2D eigenvalue weighted by atomic mass is 16.6. The van der Waals surface area contributed by atoms with E-state index in [0.717, 1.165) is 38.5 Å². The molecule has 3 heteroatoms. The van der Waals surface area contributed by atoms with Crippen LogP contribution in [0.5, 0.6) is 0 Å². The van der Waals surface area contributed by atoms with Gasteiger partial charge in [0, 0.05) is 28.7 Å². The fourth-order valence-corrected chi connectivity index (χ4v) is 4.69. The van der Waals surface area contributed by atoms with Crippen molar-refractivity contribution >= 4 is 11.6 Å². The lowest BCUT2D eigenvalue weighted by Crippen LogP contribution is -2.22. The quantitative estimate of drug-likeness (QED) is 0.247. The van der Waals surface area contributed by atoms with Crippen molar-refractivity contribution in [3.63, 3.8) is 0 Å². The molecule has 0 spiro atoms. The van der Waals surface area contributed by atoms with Gasteiger partial charge in [0.15, 0.2) is 11.6 Å². The Hall–Kier alpha value is -2.52. The molecular formula is C31H40O3. The van der Waals surface area contributed by atoms with Crippen molar-refractivity contribution in [3.8, 4) is 0 Å². The van der Waals surface area contributed by atoms with E-state index in [4.69, 9.17) is 4.74 Å². The van der Waals surface area contributed by atoms with Crippen LogP contribution in [0, 0.1) is 0 Å². The molecule has 34 heavy (non-hydrogen) atoms. The van der Waals surface area contributed by atoms with Gasteiger partial charge in [0.2, 0.25) is 0 Å². The number of rotatable bonds is 11. The van der Waals surface area contributed by atoms with Crippen molar-refractivity contribution in [1.82, 2.24) is 0 Å². The van der Waals surface area contributed by atoms with Crippen LogP contribution in [-0.2, 0) is 4.74 Å². The number of ether oxygens (including phenoxy) is 1. The first-order chi connectivity index (χ1) is 16.1. The standard InChI is InChI=1S/C31H40O3/c1-21(2)12-9-13-22(3)14-10-15-23(4)16-11-19-31(6)28(34-31)20-27-24(5)29(32)25-17-7-8-18-26(25)30(27)33/h7-8,12,14,16-18,28H,9-11,13,15,19-20H2,1-6H3/b22-14+,23-16+. The summed E-state index contributed by atoms with van der Waals surface area (Å²) in [6, 6.07) is 7.12. The second-order valence-corrected chi connectivity index (χ2v) is 10.4. The minimum absolute atomic E-state index is 0.000409. The lowest BCUT2D eigenvalue weighted by molar-refractivity contribution is 0.0970. The molecule has 2 aliphatic rings. The van der Waals surface area contributed by atoms with Crippen LogP contribution in [0.15, 0.2) is 70.4 Å². The van der Waals surface area contributed by atoms with Gasteiger partial charge in [-0.15, -0.1) is 0 Å². The number of carbonyl (C=O) groups is 2. The molecule has 1 aliphatic carbocycles. The third-order valence-electron chi connectivity index (χ3n) is 7.16. The maximum Gasteiger partial charge on any atom is 0.190 e. The second kappa shape index (κ2) is 11.3. The van der Waals surface area contributed by atoms with Gasteiger partial charge in [0.05, 0.1) is 11.7 Å². The molecule has 3 nitrogen and oxygen atoms in total. The smallest absolute Gasteiger partial charge is 0.190 e. The third kappa shape index (κ3) is 6.54. The van der Waals surface area contributed by atoms with Crippen LogP contribution >= 0.6 is 0 Å². The SMILES string of the molecule is CC(C)=CCC/C(C)=C/CC/C(C)=C/CCC1(C)OC1CC1=C(C)C(=O)c2ccccc2C1=O. The van der Waals surface area contributed by atoms with Gasteiger partial charge >= 0.3 is 0 Å². The topological polar surface area (TPSA) is 46.7 Å². The van der Waals surface area contributed by atoms with E-state index in [1.807, 2.05) is 12.1 Å². The van der Waals surface area contributed by atoms with E-state index in [0.29, 0.717) is 28.7 Å². The Morgan fingerprint density at radius 2 is 1.44 bits per heavy atom. The summed E-state index contributed by atoms with van der Waals surface area (Å²) in [6.07, 6.45) is 13.8. The fraction of sp³-hybridized carbons (Fsp3) is 0.484. The molecule has 182 valence electrons. The van der Waals surface area contributed by atoms with Crippen molar-refractivity contribution in [3.05, 3.63) is 81.5 Å². The average Bonchev–Trinajstić information content (AvgIpc) is 3.43. The van der Waals surface area contributed by atoms with Gasteiger partial charge in [-0.3, -0.25) is 9.59 Å². The van der Waals surface area contributed by atoms with Crippen LogP contribution < -0.4 is 0 Å². The first kappa shape index (κ1) is 26.1. The Morgan fingerprint density at radius 3 is 2.06 bits per heavy atom. The van der Waals surface area contributed by atoms with Crippen LogP contribution in [0.1, 0.15) is 107 Å². The monoisotopic (exact) mass is 460 g/mol. The molecule has 2 atom stereocenters. The van der Waals surface area contributed by atoms with Crippen molar-refractivity contribution in [2.75, 3.05) is 0 Å². The van der Waals surface area contributed by atoms with Crippen LogP contribution in [0.2, 0.25) is 0 Å². The van der Waals surface area contributed by atoms with E-state index in [1.54, 1.807) is 19.1 Å². The van der Waals surface area contributed by atoms with Gasteiger partial charge in [-0.25, -0.2) is 0 Å². The predicted octanol–water partition coefficient (Wildman–Crippen LogP) is 8.13. The van der Waals surface area contributed by atoms with Crippen LogP contribution in [-0.4, -0.2) is 23.3 Å². The van der Waals surface area contributed by atoms with E-state index in [1.165, 1.54) is 16.7 Å².